The maximum absolute atomic E-state index is 5.85. The van der Waals surface area contributed by atoms with Gasteiger partial charge >= 0.3 is 0 Å². The maximum atomic E-state index is 5.85. The standard InChI is InChI=1S/C15H20BrN3O/c1-4-8-17-13(5-2)15-19-18-14(20-15)12-9-11(16)7-6-10(12)3/h6-7,9,13,17H,4-5,8H2,1-3H3. The van der Waals surface area contributed by atoms with Crippen LogP contribution in [0.15, 0.2) is 27.1 Å². The second kappa shape index (κ2) is 6.99. The van der Waals surface area contributed by atoms with Crippen LogP contribution in [0.4, 0.5) is 0 Å². The number of halogens is 1. The van der Waals surface area contributed by atoms with Crippen molar-refractivity contribution in [2.45, 2.75) is 39.7 Å². The summed E-state index contributed by atoms with van der Waals surface area (Å²) in [7, 11) is 0. The van der Waals surface area contributed by atoms with Crippen LogP contribution in [0.25, 0.3) is 11.5 Å². The molecule has 0 saturated heterocycles. The number of nitrogens with one attached hydrogen (secondary N) is 1. The summed E-state index contributed by atoms with van der Waals surface area (Å²) in [5, 5.41) is 11.8. The molecule has 4 nitrogen and oxygen atoms in total. The Kier molecular flexibility index (Phi) is 5.31. The number of hydrogen-bond acceptors (Lipinski definition) is 4. The molecule has 20 heavy (non-hydrogen) atoms. The highest BCUT2D eigenvalue weighted by atomic mass is 79.9. The van der Waals surface area contributed by atoms with Gasteiger partial charge in [-0.15, -0.1) is 10.2 Å². The molecule has 1 heterocycles. The minimum atomic E-state index is 0.128. The van der Waals surface area contributed by atoms with E-state index in [4.69, 9.17) is 4.42 Å². The monoisotopic (exact) mass is 337 g/mol. The first-order valence-corrected chi connectivity index (χ1v) is 7.78. The first kappa shape index (κ1) is 15.2. The van der Waals surface area contributed by atoms with Gasteiger partial charge in [-0.25, -0.2) is 0 Å². The highest BCUT2D eigenvalue weighted by molar-refractivity contribution is 9.10. The third-order valence-corrected chi connectivity index (χ3v) is 3.71. The molecule has 0 bridgehead atoms. The lowest BCUT2D eigenvalue weighted by atomic mass is 10.1. The zero-order valence-electron chi connectivity index (χ0n) is 12.1. The van der Waals surface area contributed by atoms with Gasteiger partial charge in [0.25, 0.3) is 0 Å². The van der Waals surface area contributed by atoms with Crippen LogP contribution in [-0.4, -0.2) is 16.7 Å². The lowest BCUT2D eigenvalue weighted by molar-refractivity contribution is 0.396. The third kappa shape index (κ3) is 3.46. The molecule has 0 aliphatic carbocycles. The lowest BCUT2D eigenvalue weighted by Crippen LogP contribution is -2.21. The fourth-order valence-electron chi connectivity index (χ4n) is 2.03. The average Bonchev–Trinajstić information content (AvgIpc) is 2.92. The molecule has 0 saturated carbocycles. The molecule has 0 aliphatic rings. The van der Waals surface area contributed by atoms with Gasteiger partial charge in [-0.05, 0) is 44.0 Å². The van der Waals surface area contributed by atoms with E-state index >= 15 is 0 Å². The zero-order valence-corrected chi connectivity index (χ0v) is 13.7. The number of hydrogen-bond donors (Lipinski definition) is 1. The van der Waals surface area contributed by atoms with Crippen molar-refractivity contribution in [3.8, 4) is 11.5 Å². The van der Waals surface area contributed by atoms with Crippen molar-refractivity contribution in [2.24, 2.45) is 0 Å². The van der Waals surface area contributed by atoms with Crippen molar-refractivity contribution in [1.29, 1.82) is 0 Å². The van der Waals surface area contributed by atoms with E-state index in [9.17, 15) is 0 Å². The molecule has 1 N–H and O–H groups in total. The van der Waals surface area contributed by atoms with Crippen LogP contribution in [-0.2, 0) is 0 Å². The molecular formula is C15H20BrN3O. The van der Waals surface area contributed by atoms with Crippen LogP contribution in [0.5, 0.6) is 0 Å². The molecule has 0 aliphatic heterocycles. The molecule has 1 atom stereocenters. The second-order valence-corrected chi connectivity index (χ2v) is 5.74. The molecule has 1 unspecified atom stereocenters. The summed E-state index contributed by atoms with van der Waals surface area (Å²) < 4.78 is 6.86. The highest BCUT2D eigenvalue weighted by Crippen LogP contribution is 2.27. The average molecular weight is 338 g/mol. The summed E-state index contributed by atoms with van der Waals surface area (Å²) in [6, 6.07) is 6.18. The fraction of sp³-hybridized carbons (Fsp3) is 0.467. The Morgan fingerprint density at radius 1 is 1.30 bits per heavy atom. The summed E-state index contributed by atoms with van der Waals surface area (Å²) in [4.78, 5) is 0. The number of benzene rings is 1. The topological polar surface area (TPSA) is 51.0 Å². The van der Waals surface area contributed by atoms with Gasteiger partial charge in [-0.2, -0.15) is 0 Å². The van der Waals surface area contributed by atoms with Crippen LogP contribution in [0.1, 0.15) is 44.2 Å². The molecule has 1 aromatic heterocycles. The minimum absolute atomic E-state index is 0.128. The van der Waals surface area contributed by atoms with Crippen molar-refractivity contribution in [3.05, 3.63) is 34.1 Å². The number of aryl methyl sites for hydroxylation is 1. The highest BCUT2D eigenvalue weighted by Gasteiger charge is 2.17. The predicted molar refractivity (Wildman–Crippen MR) is 83.5 cm³/mol. The van der Waals surface area contributed by atoms with Crippen molar-refractivity contribution in [2.75, 3.05) is 6.54 Å². The molecule has 1 aromatic carbocycles. The fourth-order valence-corrected chi connectivity index (χ4v) is 2.39. The Labute approximate surface area is 128 Å². The molecular weight excluding hydrogens is 318 g/mol. The molecule has 2 aromatic rings. The molecule has 0 amide bonds. The molecule has 5 heteroatoms. The van der Waals surface area contributed by atoms with Crippen LogP contribution in [0.2, 0.25) is 0 Å². The summed E-state index contributed by atoms with van der Waals surface area (Å²) in [5.41, 5.74) is 2.10. The molecule has 0 radical (unpaired) electrons. The first-order chi connectivity index (χ1) is 9.65. The number of aromatic nitrogens is 2. The Balaban J connectivity index is 2.25. The Morgan fingerprint density at radius 2 is 2.10 bits per heavy atom. The van der Waals surface area contributed by atoms with Gasteiger partial charge in [0, 0.05) is 10.0 Å². The van der Waals surface area contributed by atoms with E-state index in [1.807, 2.05) is 25.1 Å². The Hall–Kier alpha value is -1.20. The zero-order chi connectivity index (χ0) is 14.5. The maximum Gasteiger partial charge on any atom is 0.248 e. The Bertz CT molecular complexity index is 568. The smallest absolute Gasteiger partial charge is 0.248 e. The summed E-state index contributed by atoms with van der Waals surface area (Å²) >= 11 is 3.48. The number of nitrogens with zero attached hydrogens (tertiary/aromatic N) is 2. The van der Waals surface area contributed by atoms with E-state index in [0.717, 1.165) is 35.0 Å². The van der Waals surface area contributed by atoms with Gasteiger partial charge in [0.1, 0.15) is 0 Å². The van der Waals surface area contributed by atoms with Gasteiger partial charge in [-0.3, -0.25) is 0 Å². The molecule has 0 spiro atoms. The van der Waals surface area contributed by atoms with E-state index < -0.39 is 0 Å². The summed E-state index contributed by atoms with van der Waals surface area (Å²) in [6.45, 7) is 7.25. The largest absolute Gasteiger partial charge is 0.419 e. The second-order valence-electron chi connectivity index (χ2n) is 4.82. The Morgan fingerprint density at radius 3 is 2.80 bits per heavy atom. The van der Waals surface area contributed by atoms with E-state index in [0.29, 0.717) is 11.8 Å². The summed E-state index contributed by atoms with van der Waals surface area (Å²) in [5.74, 6) is 1.24. The SMILES string of the molecule is CCCNC(CC)c1nnc(-c2cc(Br)ccc2C)o1. The quantitative estimate of drug-likeness (QED) is 0.855. The van der Waals surface area contributed by atoms with E-state index in [-0.39, 0.29) is 6.04 Å². The molecule has 108 valence electrons. The van der Waals surface area contributed by atoms with Crippen molar-refractivity contribution >= 4 is 15.9 Å². The van der Waals surface area contributed by atoms with E-state index in [2.05, 4.69) is 45.3 Å². The molecule has 0 fully saturated rings. The van der Waals surface area contributed by atoms with Crippen LogP contribution in [0.3, 0.4) is 0 Å². The van der Waals surface area contributed by atoms with Crippen LogP contribution >= 0.6 is 15.9 Å². The predicted octanol–water partition coefficient (Wildman–Crippen LogP) is 4.26. The lowest BCUT2D eigenvalue weighted by Gasteiger charge is -2.11. The first-order valence-electron chi connectivity index (χ1n) is 6.99. The van der Waals surface area contributed by atoms with Gasteiger partial charge in [0.15, 0.2) is 0 Å². The normalized spacial score (nSPS) is 12.6. The minimum Gasteiger partial charge on any atom is -0.419 e. The van der Waals surface area contributed by atoms with Crippen molar-refractivity contribution < 1.29 is 4.42 Å². The van der Waals surface area contributed by atoms with Gasteiger partial charge in [-0.1, -0.05) is 35.8 Å². The van der Waals surface area contributed by atoms with Gasteiger partial charge < -0.3 is 9.73 Å². The molecule has 2 rings (SSSR count). The third-order valence-electron chi connectivity index (χ3n) is 3.22. The number of rotatable bonds is 6. The van der Waals surface area contributed by atoms with Crippen molar-refractivity contribution in [3.63, 3.8) is 0 Å². The van der Waals surface area contributed by atoms with Crippen LogP contribution in [0, 0.1) is 6.92 Å². The van der Waals surface area contributed by atoms with E-state index in [1.165, 1.54) is 0 Å². The van der Waals surface area contributed by atoms with E-state index in [1.54, 1.807) is 0 Å². The van der Waals surface area contributed by atoms with Crippen molar-refractivity contribution in [1.82, 2.24) is 15.5 Å². The van der Waals surface area contributed by atoms with Gasteiger partial charge in [0.05, 0.1) is 6.04 Å². The van der Waals surface area contributed by atoms with Crippen LogP contribution < -0.4 is 5.32 Å². The summed E-state index contributed by atoms with van der Waals surface area (Å²) in [6.07, 6.45) is 2.02. The van der Waals surface area contributed by atoms with Gasteiger partial charge in [0.2, 0.25) is 11.8 Å².